The molecule has 14 heavy (non-hydrogen) atoms. The molecule has 0 spiro atoms. The zero-order chi connectivity index (χ0) is 10.6. The minimum Gasteiger partial charge on any atom is -0.475 e. The average molecular weight is 195 g/mol. The van der Waals surface area contributed by atoms with E-state index in [0.717, 1.165) is 0 Å². The molecule has 6 nitrogen and oxygen atoms in total. The first-order chi connectivity index (χ1) is 6.63. The van der Waals surface area contributed by atoms with Gasteiger partial charge in [-0.05, 0) is 11.1 Å². The number of hydrogen-bond acceptors (Lipinski definition) is 5. The van der Waals surface area contributed by atoms with Gasteiger partial charge in [-0.15, -0.1) is 0 Å². The molecule has 74 valence electrons. The lowest BCUT2D eigenvalue weighted by molar-refractivity contribution is 0.0680. The molecule has 1 unspecified atom stereocenters. The van der Waals surface area contributed by atoms with E-state index in [2.05, 4.69) is 10.1 Å². The van der Waals surface area contributed by atoms with E-state index in [0.29, 0.717) is 12.8 Å². The molecule has 0 aromatic carbocycles. The van der Waals surface area contributed by atoms with Gasteiger partial charge in [0.05, 0.1) is 6.07 Å². The van der Waals surface area contributed by atoms with Crippen molar-refractivity contribution in [3.63, 3.8) is 0 Å². The Kier molecular flexibility index (Phi) is 3.18. The number of carboxylic acid groups (broad SMARTS) is 1. The lowest BCUT2D eigenvalue weighted by Crippen LogP contribution is -2.01. The summed E-state index contributed by atoms with van der Waals surface area (Å²) in [6, 6.07) is 2.01. The average Bonchev–Trinajstić information content (AvgIpc) is 2.53. The zero-order valence-corrected chi connectivity index (χ0v) is 7.60. The Balaban J connectivity index is 2.60. The Hall–Kier alpha value is -1.90. The molecule has 0 aliphatic heterocycles. The minimum atomic E-state index is -1.21. The number of aromatic nitrogens is 2. The van der Waals surface area contributed by atoms with Gasteiger partial charge in [-0.2, -0.15) is 10.2 Å². The highest BCUT2D eigenvalue weighted by Crippen LogP contribution is 2.09. The summed E-state index contributed by atoms with van der Waals surface area (Å²) >= 11 is 0. The van der Waals surface area contributed by atoms with E-state index < -0.39 is 5.97 Å². The van der Waals surface area contributed by atoms with Crippen molar-refractivity contribution < 1.29 is 14.4 Å². The fourth-order valence-electron chi connectivity index (χ4n) is 0.951. The highest BCUT2D eigenvalue weighted by Gasteiger charge is 2.14. The maximum Gasteiger partial charge on any atom is 0.377 e. The van der Waals surface area contributed by atoms with Crippen molar-refractivity contribution in [2.75, 3.05) is 0 Å². The molecule has 0 radical (unpaired) electrons. The smallest absolute Gasteiger partial charge is 0.377 e. The largest absolute Gasteiger partial charge is 0.475 e. The van der Waals surface area contributed by atoms with Crippen LogP contribution in [0.2, 0.25) is 0 Å². The lowest BCUT2D eigenvalue weighted by Gasteiger charge is -1.99. The molecular formula is C8H9N3O3. The first kappa shape index (κ1) is 10.2. The van der Waals surface area contributed by atoms with E-state index in [1.54, 1.807) is 0 Å². The van der Waals surface area contributed by atoms with E-state index in [4.69, 9.17) is 14.9 Å². The lowest BCUT2D eigenvalue weighted by atomic mass is 10.1. The second-order valence-corrected chi connectivity index (χ2v) is 2.99. The summed E-state index contributed by atoms with van der Waals surface area (Å²) in [6.07, 6.45) is 0.804. The summed E-state index contributed by atoms with van der Waals surface area (Å²) in [5.41, 5.74) is 0. The number of rotatable bonds is 4. The molecule has 6 heteroatoms. The Morgan fingerprint density at radius 1 is 1.79 bits per heavy atom. The zero-order valence-electron chi connectivity index (χ0n) is 7.60. The van der Waals surface area contributed by atoms with Crippen molar-refractivity contribution in [2.45, 2.75) is 19.8 Å². The predicted octanol–water partition coefficient (Wildman–Crippen LogP) is 0.860. The number of nitriles is 1. The maximum absolute atomic E-state index is 10.4. The van der Waals surface area contributed by atoms with Crippen molar-refractivity contribution in [1.29, 1.82) is 5.26 Å². The van der Waals surface area contributed by atoms with E-state index in [-0.39, 0.29) is 17.6 Å². The van der Waals surface area contributed by atoms with Crippen LogP contribution in [0, 0.1) is 17.2 Å². The first-order valence-electron chi connectivity index (χ1n) is 4.06. The molecule has 1 heterocycles. The third kappa shape index (κ3) is 2.55. The van der Waals surface area contributed by atoms with Gasteiger partial charge < -0.3 is 9.63 Å². The molecule has 0 saturated heterocycles. The molecule has 0 aliphatic rings. The number of carboxylic acids is 1. The first-order valence-corrected chi connectivity index (χ1v) is 4.06. The molecule has 0 aliphatic carbocycles. The molecule has 0 amide bonds. The van der Waals surface area contributed by atoms with Crippen molar-refractivity contribution in [3.8, 4) is 6.07 Å². The fourth-order valence-corrected chi connectivity index (χ4v) is 0.951. The Labute approximate surface area is 80.2 Å². The van der Waals surface area contributed by atoms with Gasteiger partial charge in [0.15, 0.2) is 0 Å². The summed E-state index contributed by atoms with van der Waals surface area (Å²) in [6.45, 7) is 1.86. The van der Waals surface area contributed by atoms with Gasteiger partial charge in [-0.25, -0.2) is 4.79 Å². The molecule has 1 aromatic heterocycles. The van der Waals surface area contributed by atoms with Crippen LogP contribution in [0.4, 0.5) is 0 Å². The number of nitrogens with zero attached hydrogens (tertiary/aromatic N) is 3. The Bertz CT molecular complexity index is 366. The van der Waals surface area contributed by atoms with E-state index in [1.165, 1.54) is 0 Å². The van der Waals surface area contributed by atoms with Crippen LogP contribution in [0.1, 0.15) is 29.9 Å². The third-order valence-corrected chi connectivity index (χ3v) is 1.62. The standard InChI is InChI=1S/C8H9N3O3/c1-5(2-3-9)4-6-10-7(8(12)13)11-14-6/h5H,2,4H2,1H3,(H,12,13). The topological polar surface area (TPSA) is 100 Å². The van der Waals surface area contributed by atoms with Crippen molar-refractivity contribution in [3.05, 3.63) is 11.7 Å². The van der Waals surface area contributed by atoms with Gasteiger partial charge in [0.2, 0.25) is 5.89 Å². The van der Waals surface area contributed by atoms with Crippen LogP contribution in [0.25, 0.3) is 0 Å². The molecule has 1 N–H and O–H groups in total. The molecule has 1 rings (SSSR count). The van der Waals surface area contributed by atoms with Crippen LogP contribution in [0.3, 0.4) is 0 Å². The van der Waals surface area contributed by atoms with Crippen LogP contribution < -0.4 is 0 Å². The second-order valence-electron chi connectivity index (χ2n) is 2.99. The monoisotopic (exact) mass is 195 g/mol. The van der Waals surface area contributed by atoms with Gasteiger partial charge in [0.25, 0.3) is 5.82 Å². The van der Waals surface area contributed by atoms with Crippen LogP contribution >= 0.6 is 0 Å². The molecule has 0 saturated carbocycles. The SMILES string of the molecule is CC(CC#N)Cc1nc(C(=O)O)no1. The van der Waals surface area contributed by atoms with Gasteiger partial charge in [-0.3, -0.25) is 0 Å². The Morgan fingerprint density at radius 3 is 3.00 bits per heavy atom. The third-order valence-electron chi connectivity index (χ3n) is 1.62. The van der Waals surface area contributed by atoms with Crippen LogP contribution in [0.5, 0.6) is 0 Å². The summed E-state index contributed by atoms with van der Waals surface area (Å²) in [5, 5.41) is 20.2. The quantitative estimate of drug-likeness (QED) is 0.764. The molecule has 1 atom stereocenters. The van der Waals surface area contributed by atoms with Gasteiger partial charge in [0.1, 0.15) is 0 Å². The Morgan fingerprint density at radius 2 is 2.50 bits per heavy atom. The van der Waals surface area contributed by atoms with E-state index in [9.17, 15) is 4.79 Å². The van der Waals surface area contributed by atoms with E-state index in [1.807, 2.05) is 13.0 Å². The number of carbonyl (C=O) groups is 1. The van der Waals surface area contributed by atoms with Crippen molar-refractivity contribution >= 4 is 5.97 Å². The van der Waals surface area contributed by atoms with Gasteiger partial charge >= 0.3 is 5.97 Å². The number of aromatic carboxylic acids is 1. The summed E-state index contributed by atoms with van der Waals surface area (Å²) < 4.78 is 4.69. The summed E-state index contributed by atoms with van der Waals surface area (Å²) in [7, 11) is 0. The normalized spacial score (nSPS) is 12.0. The highest BCUT2D eigenvalue weighted by molar-refractivity contribution is 5.82. The van der Waals surface area contributed by atoms with Crippen molar-refractivity contribution in [1.82, 2.24) is 10.1 Å². The predicted molar refractivity (Wildman–Crippen MR) is 44.4 cm³/mol. The maximum atomic E-state index is 10.4. The van der Waals surface area contributed by atoms with Crippen LogP contribution in [-0.2, 0) is 6.42 Å². The fraction of sp³-hybridized carbons (Fsp3) is 0.500. The molecule has 1 aromatic rings. The van der Waals surface area contributed by atoms with Crippen LogP contribution in [0.15, 0.2) is 4.52 Å². The molecule has 0 bridgehead atoms. The van der Waals surface area contributed by atoms with Gasteiger partial charge in [0, 0.05) is 12.8 Å². The number of hydrogen-bond donors (Lipinski definition) is 1. The summed E-state index contributed by atoms with van der Waals surface area (Å²) in [5.74, 6) is -1.22. The van der Waals surface area contributed by atoms with Crippen molar-refractivity contribution in [2.24, 2.45) is 5.92 Å². The molecule has 0 fully saturated rings. The van der Waals surface area contributed by atoms with Gasteiger partial charge in [-0.1, -0.05) is 6.92 Å². The minimum absolute atomic E-state index is 0.0853. The molecular weight excluding hydrogens is 186 g/mol. The van der Waals surface area contributed by atoms with Crippen LogP contribution in [-0.4, -0.2) is 21.2 Å². The highest BCUT2D eigenvalue weighted by atomic mass is 16.5. The second kappa shape index (κ2) is 4.37. The summed E-state index contributed by atoms with van der Waals surface area (Å²) in [4.78, 5) is 14.0. The van der Waals surface area contributed by atoms with E-state index >= 15 is 0 Å².